The molecule has 2 aromatic carbocycles. The predicted octanol–water partition coefficient (Wildman–Crippen LogP) is 4.71. The van der Waals surface area contributed by atoms with Crippen LogP contribution in [-0.4, -0.2) is 18.7 Å². The van der Waals surface area contributed by atoms with Gasteiger partial charge in [0.15, 0.2) is 5.78 Å². The summed E-state index contributed by atoms with van der Waals surface area (Å²) in [5.74, 6) is -0.0800. The average Bonchev–Trinajstić information content (AvgIpc) is 2.59. The zero-order chi connectivity index (χ0) is 16.8. The maximum atomic E-state index is 12.4. The summed E-state index contributed by atoms with van der Waals surface area (Å²) in [5.41, 5.74) is 1.55. The number of amides is 1. The van der Waals surface area contributed by atoms with Gasteiger partial charge in [0.25, 0.3) is 0 Å². The summed E-state index contributed by atoms with van der Waals surface area (Å²) in [6.45, 7) is 1.88. The quantitative estimate of drug-likeness (QED) is 0.687. The Bertz CT molecular complexity index is 668. The Balaban J connectivity index is 1.90. The van der Waals surface area contributed by atoms with Gasteiger partial charge in [-0.05, 0) is 30.7 Å². The molecule has 23 heavy (non-hydrogen) atoms. The molecule has 1 atom stereocenters. The molecule has 120 valence electrons. The lowest BCUT2D eigenvalue weighted by atomic mass is 9.95. The molecular weight excluding hydrogens is 354 g/mol. The highest BCUT2D eigenvalue weighted by Crippen LogP contribution is 2.18. The SMILES string of the molecule is C[C@@H](CCC(=O)N(C)c1ccccc1)C(=O)c1ccc(Br)cc1. The van der Waals surface area contributed by atoms with Crippen LogP contribution >= 0.6 is 15.9 Å². The van der Waals surface area contributed by atoms with Gasteiger partial charge in [-0.2, -0.15) is 0 Å². The molecule has 2 rings (SSSR count). The highest BCUT2D eigenvalue weighted by molar-refractivity contribution is 9.10. The molecule has 3 nitrogen and oxygen atoms in total. The Morgan fingerprint density at radius 1 is 1.04 bits per heavy atom. The molecule has 1 amide bonds. The number of hydrogen-bond donors (Lipinski definition) is 0. The second kappa shape index (κ2) is 8.06. The van der Waals surface area contributed by atoms with Crippen LogP contribution in [0.2, 0.25) is 0 Å². The van der Waals surface area contributed by atoms with Crippen molar-refractivity contribution in [3.8, 4) is 0 Å². The van der Waals surface area contributed by atoms with Crippen molar-refractivity contribution in [2.45, 2.75) is 19.8 Å². The van der Waals surface area contributed by atoms with Crippen LogP contribution in [0.15, 0.2) is 59.1 Å². The summed E-state index contributed by atoms with van der Waals surface area (Å²) in [4.78, 5) is 26.3. The second-order valence-electron chi connectivity index (χ2n) is 5.60. The van der Waals surface area contributed by atoms with Crippen LogP contribution in [0.3, 0.4) is 0 Å². The van der Waals surface area contributed by atoms with E-state index < -0.39 is 0 Å². The van der Waals surface area contributed by atoms with E-state index in [1.807, 2.05) is 49.4 Å². The molecule has 0 heterocycles. The number of benzene rings is 2. The summed E-state index contributed by atoms with van der Waals surface area (Å²) in [5, 5.41) is 0. The van der Waals surface area contributed by atoms with E-state index in [0.29, 0.717) is 18.4 Å². The minimum absolute atomic E-state index is 0.0201. The summed E-state index contributed by atoms with van der Waals surface area (Å²) in [6.07, 6.45) is 0.903. The zero-order valence-electron chi connectivity index (χ0n) is 13.3. The molecule has 0 aliphatic rings. The lowest BCUT2D eigenvalue weighted by Gasteiger charge is -2.18. The van der Waals surface area contributed by atoms with Crippen LogP contribution in [-0.2, 0) is 4.79 Å². The Labute approximate surface area is 145 Å². The molecule has 0 aliphatic carbocycles. The van der Waals surface area contributed by atoms with Crippen LogP contribution in [0.25, 0.3) is 0 Å². The van der Waals surface area contributed by atoms with E-state index in [1.54, 1.807) is 24.1 Å². The van der Waals surface area contributed by atoms with E-state index in [-0.39, 0.29) is 17.6 Å². The van der Waals surface area contributed by atoms with Gasteiger partial charge in [0.05, 0.1) is 0 Å². The van der Waals surface area contributed by atoms with Gasteiger partial charge in [-0.3, -0.25) is 9.59 Å². The third-order valence-corrected chi connectivity index (χ3v) is 4.41. The summed E-state index contributed by atoms with van der Waals surface area (Å²) in [7, 11) is 1.76. The Kier molecular flexibility index (Phi) is 6.11. The van der Waals surface area contributed by atoms with E-state index in [2.05, 4.69) is 15.9 Å². The number of hydrogen-bond acceptors (Lipinski definition) is 2. The van der Waals surface area contributed by atoms with Gasteiger partial charge < -0.3 is 4.90 Å². The van der Waals surface area contributed by atoms with Gasteiger partial charge in [-0.15, -0.1) is 0 Å². The predicted molar refractivity (Wildman–Crippen MR) is 96.7 cm³/mol. The van der Waals surface area contributed by atoms with Crippen molar-refractivity contribution < 1.29 is 9.59 Å². The van der Waals surface area contributed by atoms with E-state index in [1.165, 1.54) is 0 Å². The molecule has 4 heteroatoms. The van der Waals surface area contributed by atoms with Gasteiger partial charge in [-0.1, -0.05) is 53.2 Å². The molecule has 0 aromatic heterocycles. The highest BCUT2D eigenvalue weighted by atomic mass is 79.9. The third-order valence-electron chi connectivity index (χ3n) is 3.89. The fourth-order valence-corrected chi connectivity index (χ4v) is 2.60. The molecule has 0 radical (unpaired) electrons. The molecule has 0 fully saturated rings. The van der Waals surface area contributed by atoms with Crippen molar-refractivity contribution in [3.05, 3.63) is 64.6 Å². The van der Waals surface area contributed by atoms with Crippen molar-refractivity contribution in [1.82, 2.24) is 0 Å². The number of nitrogens with zero attached hydrogens (tertiary/aromatic N) is 1. The van der Waals surface area contributed by atoms with E-state index >= 15 is 0 Å². The molecule has 0 saturated carbocycles. The van der Waals surface area contributed by atoms with Crippen molar-refractivity contribution in [2.24, 2.45) is 5.92 Å². The number of carbonyl (C=O) groups is 2. The van der Waals surface area contributed by atoms with Crippen molar-refractivity contribution in [2.75, 3.05) is 11.9 Å². The normalized spacial score (nSPS) is 11.8. The number of rotatable bonds is 6. The smallest absolute Gasteiger partial charge is 0.226 e. The number of carbonyl (C=O) groups excluding carboxylic acids is 2. The number of para-hydroxylation sites is 1. The fraction of sp³-hybridized carbons (Fsp3) is 0.263. The van der Waals surface area contributed by atoms with E-state index in [9.17, 15) is 9.59 Å². The lowest BCUT2D eigenvalue weighted by molar-refractivity contribution is -0.118. The molecule has 0 spiro atoms. The fourth-order valence-electron chi connectivity index (χ4n) is 2.33. The molecular formula is C19H20BrNO2. The van der Waals surface area contributed by atoms with E-state index in [4.69, 9.17) is 0 Å². The molecule has 0 N–H and O–H groups in total. The first-order valence-corrected chi connectivity index (χ1v) is 8.39. The standard InChI is InChI=1S/C19H20BrNO2/c1-14(19(23)15-9-11-16(20)12-10-15)8-13-18(22)21(2)17-6-4-3-5-7-17/h3-7,9-12,14H,8,13H2,1-2H3/t14-/m0/s1. The van der Waals surface area contributed by atoms with Gasteiger partial charge in [0, 0.05) is 35.1 Å². The largest absolute Gasteiger partial charge is 0.316 e. The van der Waals surface area contributed by atoms with E-state index in [0.717, 1.165) is 10.2 Å². The lowest BCUT2D eigenvalue weighted by Crippen LogP contribution is -2.27. The Morgan fingerprint density at radius 3 is 2.26 bits per heavy atom. The number of ketones is 1. The first-order valence-electron chi connectivity index (χ1n) is 7.60. The summed E-state index contributed by atoms with van der Waals surface area (Å²) < 4.78 is 0.946. The number of halogens is 1. The average molecular weight is 374 g/mol. The topological polar surface area (TPSA) is 37.4 Å². The number of Topliss-reactive ketones (excluding diaryl/α,β-unsaturated/α-hetero) is 1. The first kappa shape index (κ1) is 17.4. The number of anilines is 1. The summed E-state index contributed by atoms with van der Waals surface area (Å²) >= 11 is 3.36. The molecule has 0 unspecified atom stereocenters. The molecule has 2 aromatic rings. The van der Waals surface area contributed by atoms with Gasteiger partial charge >= 0.3 is 0 Å². The van der Waals surface area contributed by atoms with Crippen LogP contribution in [0.5, 0.6) is 0 Å². The molecule has 0 aliphatic heterocycles. The Morgan fingerprint density at radius 2 is 1.65 bits per heavy atom. The van der Waals surface area contributed by atoms with Crippen molar-refractivity contribution in [1.29, 1.82) is 0 Å². The monoisotopic (exact) mass is 373 g/mol. The minimum atomic E-state index is -0.177. The summed E-state index contributed by atoms with van der Waals surface area (Å²) in [6, 6.07) is 16.8. The molecule has 0 bridgehead atoms. The highest BCUT2D eigenvalue weighted by Gasteiger charge is 2.18. The zero-order valence-corrected chi connectivity index (χ0v) is 14.9. The van der Waals surface area contributed by atoms with Crippen molar-refractivity contribution >= 4 is 33.3 Å². The van der Waals surface area contributed by atoms with Crippen LogP contribution in [0.4, 0.5) is 5.69 Å². The van der Waals surface area contributed by atoms with Crippen LogP contribution in [0, 0.1) is 5.92 Å². The van der Waals surface area contributed by atoms with Gasteiger partial charge in [-0.25, -0.2) is 0 Å². The minimum Gasteiger partial charge on any atom is -0.316 e. The van der Waals surface area contributed by atoms with Crippen molar-refractivity contribution in [3.63, 3.8) is 0 Å². The third kappa shape index (κ3) is 4.76. The molecule has 0 saturated heterocycles. The first-order chi connectivity index (χ1) is 11.0. The second-order valence-corrected chi connectivity index (χ2v) is 6.51. The maximum absolute atomic E-state index is 12.4. The van der Waals surface area contributed by atoms with Gasteiger partial charge in [0.1, 0.15) is 0 Å². The van der Waals surface area contributed by atoms with Gasteiger partial charge in [0.2, 0.25) is 5.91 Å². The van der Waals surface area contributed by atoms with Crippen LogP contribution in [0.1, 0.15) is 30.1 Å². The maximum Gasteiger partial charge on any atom is 0.226 e. The van der Waals surface area contributed by atoms with Crippen LogP contribution < -0.4 is 4.90 Å². The Hall–Kier alpha value is -1.94.